The highest BCUT2D eigenvalue weighted by Gasteiger charge is 2.20. The van der Waals surface area contributed by atoms with Crippen LogP contribution >= 0.6 is 0 Å². The van der Waals surface area contributed by atoms with Gasteiger partial charge in [-0.25, -0.2) is 12.8 Å². The third kappa shape index (κ3) is 1.92. The van der Waals surface area contributed by atoms with Gasteiger partial charge in [0.1, 0.15) is 6.33 Å². The van der Waals surface area contributed by atoms with Crippen LogP contribution in [0.4, 0.5) is 8.78 Å². The largest absolute Gasteiger partial charge is 0.247 e. The highest BCUT2D eigenvalue weighted by atomic mass is 32.2. The third-order valence-electron chi connectivity index (χ3n) is 1.40. The number of hydrogen-bond acceptors (Lipinski definition) is 2. The monoisotopic (exact) mass is 204 g/mol. The first-order valence-electron chi connectivity index (χ1n) is 3.35. The Kier molecular flexibility index (Phi) is 2.77. The first kappa shape index (κ1) is 9.85. The standard InChI is InChI=1S/C8H6F2O2S/c9-6-8(10)13(11,12)7-4-2-1-3-5-7/h1-6H/b8-6+. The summed E-state index contributed by atoms with van der Waals surface area (Å²) >= 11 is 0. The van der Waals surface area contributed by atoms with Gasteiger partial charge < -0.3 is 0 Å². The van der Waals surface area contributed by atoms with Gasteiger partial charge in [0.25, 0.3) is 0 Å². The molecule has 0 unspecified atom stereocenters. The number of hydrogen-bond donors (Lipinski definition) is 0. The fraction of sp³-hybridized carbons (Fsp3) is 0. The Balaban J connectivity index is 3.25. The van der Waals surface area contributed by atoms with E-state index in [2.05, 4.69) is 0 Å². The molecule has 0 bridgehead atoms. The molecule has 0 heterocycles. The second-order valence-electron chi connectivity index (χ2n) is 2.23. The fourth-order valence-electron chi connectivity index (χ4n) is 0.771. The molecule has 0 saturated heterocycles. The molecule has 0 N–H and O–H groups in total. The molecule has 1 rings (SSSR count). The minimum absolute atomic E-state index is 0.263. The Morgan fingerprint density at radius 3 is 2.23 bits per heavy atom. The minimum atomic E-state index is -4.27. The first-order chi connectivity index (χ1) is 6.09. The van der Waals surface area contributed by atoms with Gasteiger partial charge in [-0.2, -0.15) is 4.39 Å². The number of benzene rings is 1. The van der Waals surface area contributed by atoms with Crippen LogP contribution in [0.2, 0.25) is 0 Å². The van der Waals surface area contributed by atoms with Crippen LogP contribution in [0.15, 0.2) is 46.7 Å². The molecule has 0 fully saturated rings. The zero-order valence-electron chi connectivity index (χ0n) is 6.44. The molecule has 1 aromatic rings. The lowest BCUT2D eigenvalue weighted by molar-refractivity contribution is 0.564. The molecule has 0 aliphatic rings. The molecule has 70 valence electrons. The second-order valence-corrected chi connectivity index (χ2v) is 4.10. The van der Waals surface area contributed by atoms with E-state index in [1.54, 1.807) is 6.07 Å². The van der Waals surface area contributed by atoms with Gasteiger partial charge in [0.2, 0.25) is 15.0 Å². The predicted octanol–water partition coefficient (Wildman–Crippen LogP) is 2.20. The molecule has 0 aliphatic heterocycles. The molecule has 13 heavy (non-hydrogen) atoms. The van der Waals surface area contributed by atoms with Crippen LogP contribution in [0.3, 0.4) is 0 Å². The minimum Gasteiger partial charge on any atom is -0.216 e. The van der Waals surface area contributed by atoms with Crippen molar-refractivity contribution in [1.29, 1.82) is 0 Å². The van der Waals surface area contributed by atoms with Crippen molar-refractivity contribution < 1.29 is 17.2 Å². The highest BCUT2D eigenvalue weighted by molar-refractivity contribution is 7.95. The van der Waals surface area contributed by atoms with Crippen LogP contribution in [-0.4, -0.2) is 8.42 Å². The van der Waals surface area contributed by atoms with E-state index in [1.165, 1.54) is 24.3 Å². The van der Waals surface area contributed by atoms with Gasteiger partial charge in [-0.3, -0.25) is 0 Å². The molecule has 0 aliphatic carbocycles. The molecule has 0 spiro atoms. The van der Waals surface area contributed by atoms with Crippen molar-refractivity contribution in [2.45, 2.75) is 4.90 Å². The molecular weight excluding hydrogens is 198 g/mol. The van der Waals surface area contributed by atoms with E-state index in [1.807, 2.05) is 0 Å². The molecule has 5 heteroatoms. The lowest BCUT2D eigenvalue weighted by Gasteiger charge is -1.98. The maximum Gasteiger partial charge on any atom is 0.247 e. The summed E-state index contributed by atoms with van der Waals surface area (Å²) < 4.78 is 46.3. The van der Waals surface area contributed by atoms with E-state index in [9.17, 15) is 17.2 Å². The molecular formula is C8H6F2O2S. The summed E-state index contributed by atoms with van der Waals surface area (Å²) in [4.78, 5) is -0.263. The molecule has 2 nitrogen and oxygen atoms in total. The summed E-state index contributed by atoms with van der Waals surface area (Å²) in [6.07, 6.45) is -0.567. The second kappa shape index (κ2) is 3.66. The number of sulfone groups is 1. The summed E-state index contributed by atoms with van der Waals surface area (Å²) in [6, 6.07) is 6.82. The number of rotatable bonds is 2. The normalized spacial score (nSPS) is 12.9. The van der Waals surface area contributed by atoms with Gasteiger partial charge in [0.05, 0.1) is 4.90 Å². The maximum absolute atomic E-state index is 12.5. The van der Waals surface area contributed by atoms with Crippen molar-refractivity contribution in [3.63, 3.8) is 0 Å². The van der Waals surface area contributed by atoms with Crippen LogP contribution in [0.5, 0.6) is 0 Å². The Morgan fingerprint density at radius 1 is 1.23 bits per heavy atom. The quantitative estimate of drug-likeness (QED) is 0.740. The van der Waals surface area contributed by atoms with Gasteiger partial charge >= 0.3 is 0 Å². The topological polar surface area (TPSA) is 34.1 Å². The van der Waals surface area contributed by atoms with Crippen molar-refractivity contribution >= 4 is 9.84 Å². The first-order valence-corrected chi connectivity index (χ1v) is 4.83. The zero-order chi connectivity index (χ0) is 9.90. The van der Waals surface area contributed by atoms with E-state index >= 15 is 0 Å². The molecule has 0 aromatic heterocycles. The SMILES string of the molecule is O=S(=O)(/C(F)=C/F)c1ccccc1. The van der Waals surface area contributed by atoms with Gasteiger partial charge in [0, 0.05) is 0 Å². The van der Waals surface area contributed by atoms with Crippen LogP contribution in [0.1, 0.15) is 0 Å². The van der Waals surface area contributed by atoms with Gasteiger partial charge in [0.15, 0.2) is 0 Å². The fourth-order valence-corrected chi connectivity index (χ4v) is 1.63. The molecule has 0 saturated carbocycles. The molecule has 1 aromatic carbocycles. The summed E-state index contributed by atoms with van der Waals surface area (Å²) in [5, 5.41) is -1.78. The van der Waals surface area contributed by atoms with Crippen LogP contribution in [0, 0.1) is 0 Å². The zero-order valence-corrected chi connectivity index (χ0v) is 7.26. The third-order valence-corrected chi connectivity index (χ3v) is 2.89. The Bertz CT molecular complexity index is 409. The van der Waals surface area contributed by atoms with E-state index in [0.29, 0.717) is 0 Å². The average molecular weight is 204 g/mol. The highest BCUT2D eigenvalue weighted by Crippen LogP contribution is 2.19. The molecule has 0 amide bonds. The Morgan fingerprint density at radius 2 is 1.77 bits per heavy atom. The summed E-state index contributed by atoms with van der Waals surface area (Å²) in [7, 11) is -4.27. The summed E-state index contributed by atoms with van der Waals surface area (Å²) in [5.74, 6) is 0. The van der Waals surface area contributed by atoms with Crippen molar-refractivity contribution in [2.75, 3.05) is 0 Å². The summed E-state index contributed by atoms with van der Waals surface area (Å²) in [6.45, 7) is 0. The van der Waals surface area contributed by atoms with Crippen molar-refractivity contribution in [3.8, 4) is 0 Å². The van der Waals surface area contributed by atoms with Crippen LogP contribution in [0.25, 0.3) is 0 Å². The average Bonchev–Trinajstić information content (AvgIpc) is 2.18. The smallest absolute Gasteiger partial charge is 0.216 e. The summed E-state index contributed by atoms with van der Waals surface area (Å²) in [5.41, 5.74) is 0. The lowest BCUT2D eigenvalue weighted by Crippen LogP contribution is -2.00. The predicted molar refractivity (Wildman–Crippen MR) is 43.9 cm³/mol. The van der Waals surface area contributed by atoms with Crippen LogP contribution in [-0.2, 0) is 9.84 Å². The Labute approximate surface area is 74.4 Å². The maximum atomic E-state index is 12.5. The van der Waals surface area contributed by atoms with Gasteiger partial charge in [-0.05, 0) is 12.1 Å². The van der Waals surface area contributed by atoms with E-state index in [-0.39, 0.29) is 4.90 Å². The lowest BCUT2D eigenvalue weighted by atomic mass is 10.4. The van der Waals surface area contributed by atoms with E-state index in [0.717, 1.165) is 0 Å². The van der Waals surface area contributed by atoms with Gasteiger partial charge in [-0.1, -0.05) is 18.2 Å². The van der Waals surface area contributed by atoms with Crippen molar-refractivity contribution in [2.24, 2.45) is 0 Å². The van der Waals surface area contributed by atoms with E-state index < -0.39 is 21.3 Å². The Hall–Kier alpha value is -1.23. The molecule has 0 atom stereocenters. The van der Waals surface area contributed by atoms with E-state index in [4.69, 9.17) is 0 Å². The number of halogens is 2. The van der Waals surface area contributed by atoms with Gasteiger partial charge in [-0.15, -0.1) is 0 Å². The van der Waals surface area contributed by atoms with Crippen molar-refractivity contribution in [3.05, 3.63) is 41.8 Å². The molecule has 0 radical (unpaired) electrons. The van der Waals surface area contributed by atoms with Crippen molar-refractivity contribution in [1.82, 2.24) is 0 Å². The van der Waals surface area contributed by atoms with Crippen LogP contribution < -0.4 is 0 Å².